The first-order valence-electron chi connectivity index (χ1n) is 3.66. The van der Waals surface area contributed by atoms with Gasteiger partial charge in [0.15, 0.2) is 0 Å². The van der Waals surface area contributed by atoms with E-state index in [1.54, 1.807) is 12.1 Å². The molecule has 0 heterocycles. The highest BCUT2D eigenvalue weighted by Crippen LogP contribution is 2.14. The third-order valence-corrected chi connectivity index (χ3v) is 3.18. The van der Waals surface area contributed by atoms with Crippen LogP contribution in [0.2, 0.25) is 0 Å². The van der Waals surface area contributed by atoms with Crippen LogP contribution >= 0.6 is 0 Å². The lowest BCUT2D eigenvalue weighted by molar-refractivity contribution is 0.178. The maximum absolute atomic E-state index is 12.5. The summed E-state index contributed by atoms with van der Waals surface area (Å²) in [5.41, 5.74) is 0.931. The predicted molar refractivity (Wildman–Crippen MR) is 47.2 cm³/mol. The van der Waals surface area contributed by atoms with Gasteiger partial charge in [-0.05, 0) is 23.6 Å². The maximum Gasteiger partial charge on any atom is 0.268 e. The molecule has 0 aliphatic rings. The number of halogens is 1. The lowest BCUT2D eigenvalue weighted by Gasteiger charge is -2.06. The molecule has 1 aromatic carbocycles. The standard InChI is InChI=1S/C8H10FNO2S/c1-7-3-5-8(6-4-7)13(11,12)10(2)9/h3-6H,1-2H3/i9-1. The summed E-state index contributed by atoms with van der Waals surface area (Å²) >= 11 is 0. The van der Waals surface area contributed by atoms with E-state index in [1.807, 2.05) is 6.92 Å². The van der Waals surface area contributed by atoms with Crippen LogP contribution in [0, 0.1) is 6.92 Å². The highest BCUT2D eigenvalue weighted by atomic mass is 32.2. The Morgan fingerprint density at radius 2 is 1.69 bits per heavy atom. The van der Waals surface area contributed by atoms with Gasteiger partial charge >= 0.3 is 0 Å². The van der Waals surface area contributed by atoms with Crippen LogP contribution in [0.25, 0.3) is 0 Å². The van der Waals surface area contributed by atoms with Crippen molar-refractivity contribution in [3.8, 4) is 0 Å². The molecule has 0 saturated carbocycles. The second kappa shape index (κ2) is 3.43. The molecule has 0 bridgehead atoms. The van der Waals surface area contributed by atoms with Gasteiger partial charge in [-0.25, -0.2) is 8.42 Å². The third kappa shape index (κ3) is 2.05. The molecule has 0 N–H and O–H groups in total. The Hall–Kier alpha value is -0.940. The molecule has 72 valence electrons. The van der Waals surface area contributed by atoms with Crippen molar-refractivity contribution in [2.24, 2.45) is 0 Å². The molecule has 1 aromatic rings. The minimum Gasteiger partial charge on any atom is -0.205 e. The van der Waals surface area contributed by atoms with E-state index in [2.05, 4.69) is 0 Å². The molecule has 0 atom stereocenters. The Kier molecular flexibility index (Phi) is 2.68. The Morgan fingerprint density at radius 1 is 1.23 bits per heavy atom. The number of benzene rings is 1. The van der Waals surface area contributed by atoms with Gasteiger partial charge in [-0.3, -0.25) is 0 Å². The lowest BCUT2D eigenvalue weighted by atomic mass is 10.2. The summed E-state index contributed by atoms with van der Waals surface area (Å²) in [4.78, 5) is -0.0388. The minimum absolute atomic E-state index is 0.0388. The van der Waals surface area contributed by atoms with Crippen molar-refractivity contribution in [3.63, 3.8) is 0 Å². The summed E-state index contributed by atoms with van der Waals surface area (Å²) in [5, 5.41) is 0. The largest absolute Gasteiger partial charge is 0.268 e. The molecule has 0 radical (unpaired) electrons. The van der Waals surface area contributed by atoms with E-state index in [0.29, 0.717) is 0 Å². The summed E-state index contributed by atoms with van der Waals surface area (Å²) in [6, 6.07) is 5.99. The number of rotatable bonds is 2. The van der Waals surface area contributed by atoms with Crippen molar-refractivity contribution in [2.45, 2.75) is 11.8 Å². The number of hydrogen-bond acceptors (Lipinski definition) is 2. The smallest absolute Gasteiger partial charge is 0.205 e. The Morgan fingerprint density at radius 3 is 2.08 bits per heavy atom. The fraction of sp³-hybridized carbons (Fsp3) is 0.250. The zero-order valence-electron chi connectivity index (χ0n) is 7.36. The number of sulfonamides is 1. The average Bonchev–Trinajstić information content (AvgIpc) is 2.04. The zero-order chi connectivity index (χ0) is 10.1. The molecule has 0 aliphatic carbocycles. The quantitative estimate of drug-likeness (QED) is 0.681. The second-order valence-corrected chi connectivity index (χ2v) is 4.63. The first-order chi connectivity index (χ1) is 5.94. The summed E-state index contributed by atoms with van der Waals surface area (Å²) in [6.07, 6.45) is 0. The highest BCUT2D eigenvalue weighted by molar-refractivity contribution is 7.89. The fourth-order valence-corrected chi connectivity index (χ4v) is 1.63. The molecule has 0 amide bonds. The van der Waals surface area contributed by atoms with Gasteiger partial charge < -0.3 is 0 Å². The van der Waals surface area contributed by atoms with Gasteiger partial charge in [-0.15, -0.1) is 4.48 Å². The monoisotopic (exact) mass is 202 g/mol. The molecule has 1 rings (SSSR count). The van der Waals surface area contributed by atoms with E-state index in [4.69, 9.17) is 0 Å². The number of nitrogens with zero attached hydrogens (tertiary/aromatic N) is 1. The Bertz CT molecular complexity index is 383. The first-order valence-corrected chi connectivity index (χ1v) is 5.10. The molecule has 0 spiro atoms. The minimum atomic E-state index is -3.93. The van der Waals surface area contributed by atoms with Crippen LogP contribution in [-0.2, 0) is 10.0 Å². The summed E-state index contributed by atoms with van der Waals surface area (Å²) in [5.74, 6) is 0. The van der Waals surface area contributed by atoms with Gasteiger partial charge in [0.05, 0.1) is 4.90 Å². The summed E-state index contributed by atoms with van der Waals surface area (Å²) < 4.78 is 34.6. The van der Waals surface area contributed by atoms with E-state index in [1.165, 1.54) is 12.1 Å². The van der Waals surface area contributed by atoms with Gasteiger partial charge in [0.25, 0.3) is 10.0 Å². The van der Waals surface area contributed by atoms with Gasteiger partial charge in [-0.1, -0.05) is 17.7 Å². The zero-order valence-corrected chi connectivity index (χ0v) is 8.18. The van der Waals surface area contributed by atoms with Crippen LogP contribution in [0.15, 0.2) is 29.2 Å². The van der Waals surface area contributed by atoms with Crippen LogP contribution in [-0.4, -0.2) is 20.0 Å². The van der Waals surface area contributed by atoms with Gasteiger partial charge in [0.1, 0.15) is 0 Å². The molecule has 13 heavy (non-hydrogen) atoms. The molecule has 0 unspecified atom stereocenters. The van der Waals surface area contributed by atoms with Crippen LogP contribution in [0.4, 0.5) is 4.48 Å². The van der Waals surface area contributed by atoms with Gasteiger partial charge in [0, 0.05) is 7.05 Å². The van der Waals surface area contributed by atoms with Crippen molar-refractivity contribution in [3.05, 3.63) is 29.8 Å². The number of hydrogen-bond donors (Lipinski definition) is 0. The van der Waals surface area contributed by atoms with Crippen molar-refractivity contribution in [1.82, 2.24) is 4.53 Å². The highest BCUT2D eigenvalue weighted by Gasteiger charge is 2.19. The number of aryl methyl sites for hydroxylation is 1. The van der Waals surface area contributed by atoms with Crippen LogP contribution < -0.4 is 0 Å². The molecule has 0 saturated heterocycles. The van der Waals surface area contributed by atoms with E-state index in [-0.39, 0.29) is 9.42 Å². The summed E-state index contributed by atoms with van der Waals surface area (Å²) in [7, 11) is -3.07. The molecular formula is C8H10FNO2S. The SMILES string of the molecule is Cc1ccc(S(=O)(=O)N(C)[18F])cc1. The van der Waals surface area contributed by atoms with Crippen LogP contribution in [0.3, 0.4) is 0 Å². The van der Waals surface area contributed by atoms with Gasteiger partial charge in [-0.2, -0.15) is 0 Å². The van der Waals surface area contributed by atoms with Crippen molar-refractivity contribution in [2.75, 3.05) is 7.05 Å². The van der Waals surface area contributed by atoms with E-state index >= 15 is 0 Å². The summed E-state index contributed by atoms with van der Waals surface area (Å²) in [6.45, 7) is 1.83. The van der Waals surface area contributed by atoms with Crippen molar-refractivity contribution < 1.29 is 12.9 Å². The normalized spacial score (nSPS) is 12.0. The lowest BCUT2D eigenvalue weighted by Crippen LogP contribution is -2.18. The molecule has 5 heteroatoms. The van der Waals surface area contributed by atoms with E-state index < -0.39 is 10.0 Å². The molecule has 0 aromatic heterocycles. The Labute approximate surface area is 76.8 Å². The van der Waals surface area contributed by atoms with Crippen LogP contribution in [0.5, 0.6) is 0 Å². The first kappa shape index (κ1) is 10.1. The predicted octanol–water partition coefficient (Wildman–Crippen LogP) is 1.50. The maximum atomic E-state index is 12.5. The second-order valence-electron chi connectivity index (χ2n) is 2.71. The fourth-order valence-electron chi connectivity index (χ4n) is 0.855. The van der Waals surface area contributed by atoms with E-state index in [0.717, 1.165) is 12.6 Å². The molecule has 0 fully saturated rings. The molecule has 3 nitrogen and oxygen atoms in total. The topological polar surface area (TPSA) is 37.4 Å². The average molecular weight is 202 g/mol. The van der Waals surface area contributed by atoms with Crippen molar-refractivity contribution in [1.29, 1.82) is 0 Å². The van der Waals surface area contributed by atoms with E-state index in [9.17, 15) is 12.9 Å². The third-order valence-electron chi connectivity index (χ3n) is 1.65. The molecular weight excluding hydrogens is 192 g/mol. The van der Waals surface area contributed by atoms with Gasteiger partial charge in [0.2, 0.25) is 0 Å². The van der Waals surface area contributed by atoms with Crippen molar-refractivity contribution >= 4 is 10.0 Å². The Balaban J connectivity index is 3.17. The van der Waals surface area contributed by atoms with Crippen LogP contribution in [0.1, 0.15) is 5.56 Å². The molecule has 0 aliphatic heterocycles.